The van der Waals surface area contributed by atoms with Gasteiger partial charge in [-0.2, -0.15) is 0 Å². The molecule has 0 fully saturated rings. The third-order valence-electron chi connectivity index (χ3n) is 18.9. The van der Waals surface area contributed by atoms with Gasteiger partial charge in [-0.15, -0.1) is 21.9 Å². The standard InChI is InChI=1S/C48H20BF24.C24H43N/c1-5-9-13-17(29(54)41(66)25(9)50)33(58)45(70)37(62)21(13)49(22-14-10(6-2)26(51)42(67)30(55)18(14)34(59)46(71)38(22)63,23-15-11(7-3)27(52)43(68)31(56)19(15)35(60)47(72)39(23)64)24-16-12(8-4)28(53)44(69)32(57)20(16)36(61)48(73)40(24)65;1-4-7-9-10-11-12-16-21-25(24-18-14-13-15-19-24)22-20-23(6-3)17-8-5-2/h5-8H2,1-4H3;13-15,18-19,23H,4-12,16-17,20-22H2,1-3H3/q-1;/p+1. The minimum Gasteiger partial charge on any atom is -0.302 e. The van der Waals surface area contributed by atoms with Gasteiger partial charge in [0.1, 0.15) is 35.1 Å². The van der Waals surface area contributed by atoms with Gasteiger partial charge in [-0.3, -0.25) is 0 Å². The zero-order chi connectivity index (χ0) is 72.6. The maximum absolute atomic E-state index is 18.1. The van der Waals surface area contributed by atoms with Gasteiger partial charge in [-0.05, 0) is 107 Å². The van der Waals surface area contributed by atoms with Gasteiger partial charge in [0.2, 0.25) is 0 Å². The lowest BCUT2D eigenvalue weighted by atomic mass is 9.11. The van der Waals surface area contributed by atoms with Crippen LogP contribution in [0.3, 0.4) is 0 Å². The maximum atomic E-state index is 18.1. The predicted molar refractivity (Wildman–Crippen MR) is 329 cm³/mol. The van der Waals surface area contributed by atoms with Crippen LogP contribution in [-0.4, -0.2) is 19.2 Å². The van der Waals surface area contributed by atoms with Gasteiger partial charge in [0.15, 0.2) is 116 Å². The molecule has 528 valence electrons. The lowest BCUT2D eigenvalue weighted by Crippen LogP contribution is -3.07. The van der Waals surface area contributed by atoms with Gasteiger partial charge < -0.3 is 4.90 Å². The van der Waals surface area contributed by atoms with Crippen molar-refractivity contribution >= 4 is 76.8 Å². The number of quaternary nitrogens is 1. The van der Waals surface area contributed by atoms with Gasteiger partial charge in [-0.1, -0.05) is 124 Å². The molecule has 9 aromatic carbocycles. The van der Waals surface area contributed by atoms with Crippen molar-refractivity contribution in [3.05, 3.63) is 192 Å². The quantitative estimate of drug-likeness (QED) is 0.0266. The van der Waals surface area contributed by atoms with E-state index in [2.05, 4.69) is 51.1 Å². The molecule has 98 heavy (non-hydrogen) atoms. The molecule has 0 aliphatic carbocycles. The Morgan fingerprint density at radius 2 is 0.531 bits per heavy atom. The van der Waals surface area contributed by atoms with Crippen LogP contribution in [0.1, 0.15) is 148 Å². The van der Waals surface area contributed by atoms with Crippen molar-refractivity contribution < 1.29 is 110 Å². The molecule has 0 aromatic heterocycles. The SMILES string of the molecule is CCCCCCCCC[NH+](CCC(CC)CCCC)c1ccccc1.CCc1c(F)c(F)c(F)c2c(F)c(F)c(F)c([B-](c3c(F)c(F)c(F)c4c(F)c(F)c(F)c(CC)c34)(c3c(F)c(F)c(F)c4c(F)c(F)c(F)c(CC)c34)c3c(F)c(F)c(F)c4c(F)c(F)c(F)c(CC)c34)c12. The fourth-order valence-corrected chi connectivity index (χ4v) is 14.2. The Morgan fingerprint density at radius 3 is 0.796 bits per heavy atom. The molecule has 0 saturated heterocycles. The summed E-state index contributed by atoms with van der Waals surface area (Å²) in [5.41, 5.74) is -18.0. The Bertz CT molecular complexity index is 4040. The summed E-state index contributed by atoms with van der Waals surface area (Å²) < 4.78 is 398. The van der Waals surface area contributed by atoms with Crippen LogP contribution < -0.4 is 26.8 Å². The Labute approximate surface area is 547 Å². The number of halogens is 24. The Kier molecular flexibility index (Phi) is 24.0. The zero-order valence-corrected chi connectivity index (χ0v) is 53.8. The average Bonchev–Trinajstić information content (AvgIpc) is 0.661. The number of unbranched alkanes of at least 4 members (excludes halogenated alkanes) is 7. The van der Waals surface area contributed by atoms with E-state index in [0.717, 1.165) is 5.92 Å². The van der Waals surface area contributed by atoms with E-state index < -0.39 is 259 Å². The van der Waals surface area contributed by atoms with Crippen LogP contribution in [0.25, 0.3) is 43.1 Å². The topological polar surface area (TPSA) is 4.44 Å². The number of para-hydroxylation sites is 1. The Hall–Kier alpha value is -7.64. The molecule has 26 heteroatoms. The van der Waals surface area contributed by atoms with E-state index in [1.54, 1.807) is 4.90 Å². The molecule has 0 amide bonds. The van der Waals surface area contributed by atoms with Crippen molar-refractivity contribution in [2.24, 2.45) is 5.92 Å². The monoisotopic (exact) mass is 1410 g/mol. The van der Waals surface area contributed by atoms with Crippen molar-refractivity contribution in [1.29, 1.82) is 0 Å². The number of hydrogen-bond donors (Lipinski definition) is 1. The van der Waals surface area contributed by atoms with E-state index in [1.165, 1.54) is 95.8 Å². The molecule has 0 bridgehead atoms. The lowest BCUT2D eigenvalue weighted by Gasteiger charge is -2.48. The fourth-order valence-electron chi connectivity index (χ4n) is 14.2. The molecule has 1 nitrogen and oxygen atoms in total. The smallest absolute Gasteiger partial charge is 0.195 e. The number of rotatable bonds is 24. The van der Waals surface area contributed by atoms with E-state index in [9.17, 15) is 0 Å². The van der Waals surface area contributed by atoms with E-state index in [-0.39, 0.29) is 0 Å². The third kappa shape index (κ3) is 12.5. The highest BCUT2D eigenvalue weighted by Gasteiger charge is 2.51. The molecular formula is C72H64BF24N. The molecule has 1 N–H and O–H groups in total. The molecule has 0 spiro atoms. The van der Waals surface area contributed by atoms with Gasteiger partial charge in [-0.25, -0.2) is 105 Å². The Balaban J connectivity index is 0.000000413. The maximum Gasteiger partial charge on any atom is 0.195 e. The second kappa shape index (κ2) is 30.9. The van der Waals surface area contributed by atoms with Crippen LogP contribution in [0.5, 0.6) is 0 Å². The van der Waals surface area contributed by atoms with Crippen LogP contribution in [0.2, 0.25) is 0 Å². The number of aryl methyl sites for hydroxylation is 4. The van der Waals surface area contributed by atoms with Crippen LogP contribution in [0.4, 0.5) is 111 Å². The van der Waals surface area contributed by atoms with Gasteiger partial charge in [0.25, 0.3) is 0 Å². The van der Waals surface area contributed by atoms with Gasteiger partial charge in [0, 0.05) is 0 Å². The van der Waals surface area contributed by atoms with Gasteiger partial charge >= 0.3 is 0 Å². The summed E-state index contributed by atoms with van der Waals surface area (Å²) >= 11 is 0. The van der Waals surface area contributed by atoms with Gasteiger partial charge in [0.05, 0.1) is 34.6 Å². The summed E-state index contributed by atoms with van der Waals surface area (Å²) in [5.74, 6) is -73.8. The summed E-state index contributed by atoms with van der Waals surface area (Å²) in [5, 5.41) is -19.9. The molecule has 2 unspecified atom stereocenters. The number of fused-ring (bicyclic) bond motifs is 4. The van der Waals surface area contributed by atoms with E-state index in [1.807, 2.05) is 0 Å². The van der Waals surface area contributed by atoms with Crippen molar-refractivity contribution in [2.75, 3.05) is 13.1 Å². The number of hydrogen-bond acceptors (Lipinski definition) is 0. The van der Waals surface area contributed by atoms with Crippen LogP contribution in [0.15, 0.2) is 30.3 Å². The molecule has 0 saturated carbocycles. The van der Waals surface area contributed by atoms with Crippen LogP contribution in [-0.2, 0) is 25.7 Å². The summed E-state index contributed by atoms with van der Waals surface area (Å²) in [7, 11) is 0. The minimum atomic E-state index is -7.12. The van der Waals surface area contributed by atoms with E-state index in [0.29, 0.717) is 27.7 Å². The predicted octanol–water partition coefficient (Wildman–Crippen LogP) is 19.8. The number of benzene rings is 9. The largest absolute Gasteiger partial charge is 0.302 e. The molecule has 2 atom stereocenters. The van der Waals surface area contributed by atoms with Crippen LogP contribution >= 0.6 is 0 Å². The summed E-state index contributed by atoms with van der Waals surface area (Å²) in [6.45, 7) is 12.0. The zero-order valence-electron chi connectivity index (χ0n) is 53.8. The summed E-state index contributed by atoms with van der Waals surface area (Å²) in [6.07, 6.45) is 3.75. The highest BCUT2D eigenvalue weighted by Crippen LogP contribution is 2.43. The summed E-state index contributed by atoms with van der Waals surface area (Å²) in [6, 6.07) is 11.2. The first-order valence-corrected chi connectivity index (χ1v) is 32.1. The first-order valence-electron chi connectivity index (χ1n) is 32.1. The van der Waals surface area contributed by atoms with Crippen molar-refractivity contribution in [3.63, 3.8) is 0 Å². The number of nitrogens with one attached hydrogen (secondary N) is 1. The molecule has 9 aromatic rings. The molecule has 0 aliphatic rings. The highest BCUT2D eigenvalue weighted by molar-refractivity contribution is 7.23. The highest BCUT2D eigenvalue weighted by atomic mass is 19.2. The van der Waals surface area contributed by atoms with Crippen molar-refractivity contribution in [3.8, 4) is 0 Å². The Morgan fingerprint density at radius 1 is 0.265 bits per heavy atom. The first-order chi connectivity index (χ1) is 46.5. The molecule has 0 heterocycles. The second-order valence-electron chi connectivity index (χ2n) is 24.2. The third-order valence-corrected chi connectivity index (χ3v) is 18.9. The molecule has 9 rings (SSSR count). The second-order valence-corrected chi connectivity index (χ2v) is 24.2. The van der Waals surface area contributed by atoms with Crippen LogP contribution in [0, 0.1) is 146 Å². The van der Waals surface area contributed by atoms with Crippen molar-refractivity contribution in [2.45, 2.75) is 151 Å². The molecule has 0 aliphatic heterocycles. The van der Waals surface area contributed by atoms with E-state index >= 15 is 105 Å². The van der Waals surface area contributed by atoms with Crippen molar-refractivity contribution in [1.82, 2.24) is 0 Å². The fraction of sp³-hybridized carbons (Fsp3) is 0.361. The minimum absolute atomic E-state index is 0.607. The normalized spacial score (nSPS) is 12.7. The first kappa shape index (κ1) is 76.1. The average molecular weight is 1410 g/mol. The molecular weight excluding hydrogens is 1350 g/mol. The lowest BCUT2D eigenvalue weighted by molar-refractivity contribution is -0.833. The summed E-state index contributed by atoms with van der Waals surface area (Å²) in [4.78, 5) is 1.71. The van der Waals surface area contributed by atoms with E-state index in [4.69, 9.17) is 0 Å². The molecule has 0 radical (unpaired) electrons.